The summed E-state index contributed by atoms with van der Waals surface area (Å²) in [5.74, 6) is 5.10. The number of nitrogens with one attached hydrogen (secondary N) is 1. The first-order valence-corrected chi connectivity index (χ1v) is 7.45. The van der Waals surface area contributed by atoms with E-state index in [2.05, 4.69) is 28.2 Å². The lowest BCUT2D eigenvalue weighted by Gasteiger charge is -2.13. The topological polar surface area (TPSA) is 62.2 Å². The van der Waals surface area contributed by atoms with Crippen LogP contribution in [-0.4, -0.2) is 28.6 Å². The smallest absolute Gasteiger partial charge is 0.252 e. The molecule has 0 bridgehead atoms. The second-order valence-electron chi connectivity index (χ2n) is 4.54. The van der Waals surface area contributed by atoms with Crippen molar-refractivity contribution in [2.24, 2.45) is 0 Å². The van der Waals surface area contributed by atoms with Crippen LogP contribution in [0.4, 0.5) is 0 Å². The normalized spacial score (nSPS) is 11.3. The summed E-state index contributed by atoms with van der Waals surface area (Å²) < 4.78 is 0. The maximum Gasteiger partial charge on any atom is 0.252 e. The van der Waals surface area contributed by atoms with E-state index in [0.717, 1.165) is 6.42 Å². The number of carbonyl (C=O) groups excluding carboxylic acids is 1. The highest BCUT2D eigenvalue weighted by molar-refractivity contribution is 7.09. The van der Waals surface area contributed by atoms with Crippen LogP contribution in [0.2, 0.25) is 0 Å². The Hall–Kier alpha value is -2.16. The zero-order chi connectivity index (χ0) is 15.1. The molecule has 0 aliphatic heterocycles. The van der Waals surface area contributed by atoms with E-state index in [9.17, 15) is 4.79 Å². The summed E-state index contributed by atoms with van der Waals surface area (Å²) in [7, 11) is 0. The Balaban J connectivity index is 2.06. The molecule has 108 valence electrons. The average molecular weight is 300 g/mol. The van der Waals surface area contributed by atoms with E-state index in [-0.39, 0.29) is 18.6 Å². The van der Waals surface area contributed by atoms with Crippen LogP contribution < -0.4 is 5.32 Å². The maximum atomic E-state index is 12.3. The van der Waals surface area contributed by atoms with Gasteiger partial charge in [0.05, 0.1) is 11.1 Å². The first kappa shape index (κ1) is 15.2. The molecule has 2 rings (SSSR count). The largest absolute Gasteiger partial charge is 0.384 e. The summed E-state index contributed by atoms with van der Waals surface area (Å²) in [4.78, 5) is 17.5. The minimum absolute atomic E-state index is 0.0305. The van der Waals surface area contributed by atoms with Gasteiger partial charge in [-0.1, -0.05) is 17.9 Å². The SMILES string of the molecule is CC(Cc1cccs1)NC(=O)c1ccncc1C#CCO. The molecule has 0 saturated heterocycles. The fourth-order valence-corrected chi connectivity index (χ4v) is 2.75. The van der Waals surface area contributed by atoms with Crippen LogP contribution in [0.3, 0.4) is 0 Å². The molecule has 0 aliphatic rings. The van der Waals surface area contributed by atoms with E-state index in [1.807, 2.05) is 18.4 Å². The molecule has 0 fully saturated rings. The van der Waals surface area contributed by atoms with Gasteiger partial charge in [0.1, 0.15) is 6.61 Å². The van der Waals surface area contributed by atoms with Crippen molar-refractivity contribution in [3.63, 3.8) is 0 Å². The van der Waals surface area contributed by atoms with Crippen LogP contribution >= 0.6 is 11.3 Å². The lowest BCUT2D eigenvalue weighted by Crippen LogP contribution is -2.34. The minimum atomic E-state index is -0.245. The van der Waals surface area contributed by atoms with Gasteiger partial charge in [-0.3, -0.25) is 9.78 Å². The van der Waals surface area contributed by atoms with Gasteiger partial charge >= 0.3 is 0 Å². The molecule has 0 aliphatic carbocycles. The molecular formula is C16H16N2O2S. The van der Waals surface area contributed by atoms with Crippen molar-refractivity contribution in [3.8, 4) is 11.8 Å². The van der Waals surface area contributed by atoms with Crippen molar-refractivity contribution in [2.45, 2.75) is 19.4 Å². The molecule has 2 aromatic heterocycles. The third kappa shape index (κ3) is 4.42. The number of hydrogen-bond donors (Lipinski definition) is 2. The Morgan fingerprint density at radius 3 is 3.10 bits per heavy atom. The molecule has 21 heavy (non-hydrogen) atoms. The lowest BCUT2D eigenvalue weighted by atomic mass is 10.1. The molecule has 1 atom stereocenters. The Labute approximate surface area is 127 Å². The van der Waals surface area contributed by atoms with Gasteiger partial charge in [0.2, 0.25) is 0 Å². The second-order valence-corrected chi connectivity index (χ2v) is 5.57. The van der Waals surface area contributed by atoms with Gasteiger partial charge in [0.15, 0.2) is 0 Å². The van der Waals surface area contributed by atoms with Crippen molar-refractivity contribution in [1.29, 1.82) is 0 Å². The predicted molar refractivity (Wildman–Crippen MR) is 83.2 cm³/mol. The monoisotopic (exact) mass is 300 g/mol. The zero-order valence-corrected chi connectivity index (χ0v) is 12.5. The van der Waals surface area contributed by atoms with Crippen LogP contribution in [0.1, 0.15) is 27.7 Å². The molecule has 5 heteroatoms. The fraction of sp³-hybridized carbons (Fsp3) is 0.250. The molecule has 0 saturated carbocycles. The summed E-state index contributed by atoms with van der Waals surface area (Å²) >= 11 is 1.68. The highest BCUT2D eigenvalue weighted by Crippen LogP contribution is 2.12. The first-order valence-electron chi connectivity index (χ1n) is 6.57. The Morgan fingerprint density at radius 2 is 2.38 bits per heavy atom. The van der Waals surface area contributed by atoms with Crippen LogP contribution in [0.25, 0.3) is 0 Å². The Kier molecular flexibility index (Phi) is 5.50. The second kappa shape index (κ2) is 7.58. The number of aromatic nitrogens is 1. The number of pyridine rings is 1. The van der Waals surface area contributed by atoms with Crippen LogP contribution in [0.15, 0.2) is 36.0 Å². The molecule has 0 spiro atoms. The highest BCUT2D eigenvalue weighted by Gasteiger charge is 2.13. The number of amides is 1. The standard InChI is InChI=1S/C16H16N2O2S/c1-12(10-14-5-3-9-21-14)18-16(20)15-6-7-17-11-13(15)4-2-8-19/h3,5-7,9,11-12,19H,8,10H2,1H3,(H,18,20). The summed E-state index contributed by atoms with van der Waals surface area (Å²) in [6.07, 6.45) is 3.89. The van der Waals surface area contributed by atoms with Crippen LogP contribution in [-0.2, 0) is 6.42 Å². The third-order valence-corrected chi connectivity index (χ3v) is 3.73. The molecule has 0 aromatic carbocycles. The number of aliphatic hydroxyl groups is 1. The van der Waals surface area contributed by atoms with Gasteiger partial charge in [-0.05, 0) is 24.4 Å². The van der Waals surface area contributed by atoms with Crippen molar-refractivity contribution in [1.82, 2.24) is 10.3 Å². The van der Waals surface area contributed by atoms with Gasteiger partial charge in [-0.2, -0.15) is 0 Å². The van der Waals surface area contributed by atoms with Crippen molar-refractivity contribution < 1.29 is 9.90 Å². The van der Waals surface area contributed by atoms with Gasteiger partial charge in [0, 0.05) is 29.7 Å². The molecule has 2 N–H and O–H groups in total. The van der Waals surface area contributed by atoms with Gasteiger partial charge < -0.3 is 10.4 Å². The first-order chi connectivity index (χ1) is 10.2. The maximum absolute atomic E-state index is 12.3. The number of carbonyl (C=O) groups is 1. The number of thiophene rings is 1. The lowest BCUT2D eigenvalue weighted by molar-refractivity contribution is 0.0940. The van der Waals surface area contributed by atoms with Gasteiger partial charge in [-0.15, -0.1) is 11.3 Å². The van der Waals surface area contributed by atoms with Crippen LogP contribution in [0, 0.1) is 11.8 Å². The molecule has 4 nitrogen and oxygen atoms in total. The quantitative estimate of drug-likeness (QED) is 0.847. The van der Waals surface area contributed by atoms with E-state index >= 15 is 0 Å². The van der Waals surface area contributed by atoms with Crippen molar-refractivity contribution in [3.05, 3.63) is 52.0 Å². The Bertz CT molecular complexity index is 656. The summed E-state index contributed by atoms with van der Waals surface area (Å²) in [5, 5.41) is 13.7. The molecule has 2 heterocycles. The zero-order valence-electron chi connectivity index (χ0n) is 11.7. The third-order valence-electron chi connectivity index (χ3n) is 2.83. The summed E-state index contributed by atoms with van der Waals surface area (Å²) in [5.41, 5.74) is 0.997. The van der Waals surface area contributed by atoms with E-state index in [1.54, 1.807) is 23.6 Å². The van der Waals surface area contributed by atoms with E-state index in [1.165, 1.54) is 11.1 Å². The highest BCUT2D eigenvalue weighted by atomic mass is 32.1. The van der Waals surface area contributed by atoms with Crippen molar-refractivity contribution >= 4 is 17.2 Å². The molecular weight excluding hydrogens is 284 g/mol. The summed E-state index contributed by atoms with van der Waals surface area (Å²) in [6.45, 7) is 1.72. The van der Waals surface area contributed by atoms with E-state index < -0.39 is 0 Å². The summed E-state index contributed by atoms with van der Waals surface area (Å²) in [6, 6.07) is 5.72. The number of aliphatic hydroxyl groups excluding tert-OH is 1. The molecule has 0 radical (unpaired) electrons. The Morgan fingerprint density at radius 1 is 1.52 bits per heavy atom. The van der Waals surface area contributed by atoms with E-state index in [4.69, 9.17) is 5.11 Å². The fourth-order valence-electron chi connectivity index (χ4n) is 1.91. The average Bonchev–Trinajstić information content (AvgIpc) is 2.98. The van der Waals surface area contributed by atoms with Crippen molar-refractivity contribution in [2.75, 3.05) is 6.61 Å². The van der Waals surface area contributed by atoms with Gasteiger partial charge in [-0.25, -0.2) is 0 Å². The van der Waals surface area contributed by atoms with Gasteiger partial charge in [0.25, 0.3) is 5.91 Å². The number of rotatable bonds is 4. The molecule has 1 unspecified atom stereocenters. The number of nitrogens with zero attached hydrogens (tertiary/aromatic N) is 1. The van der Waals surface area contributed by atoms with E-state index in [0.29, 0.717) is 11.1 Å². The number of hydrogen-bond acceptors (Lipinski definition) is 4. The molecule has 2 aromatic rings. The minimum Gasteiger partial charge on any atom is -0.384 e. The van der Waals surface area contributed by atoms with Crippen LogP contribution in [0.5, 0.6) is 0 Å². The predicted octanol–water partition coefficient (Wildman–Crippen LogP) is 1.85. The molecule has 1 amide bonds.